The third kappa shape index (κ3) is 1.47. The molecule has 0 fully saturated rings. The Labute approximate surface area is 102 Å². The molecule has 0 radical (unpaired) electrons. The van der Waals surface area contributed by atoms with Gasteiger partial charge in [-0.3, -0.25) is 0 Å². The van der Waals surface area contributed by atoms with Gasteiger partial charge < -0.3 is 5.73 Å². The fraction of sp³-hybridized carbons (Fsp3) is 0. The second-order valence-corrected chi connectivity index (χ2v) is 6.19. The Hall–Kier alpha value is -0.920. The summed E-state index contributed by atoms with van der Waals surface area (Å²) in [5.74, 6) is 0.318. The summed E-state index contributed by atoms with van der Waals surface area (Å²) in [5, 5.41) is 6.18. The average Bonchev–Trinajstić information content (AvgIpc) is 2.80. The molecule has 3 aromatic rings. The summed E-state index contributed by atoms with van der Waals surface area (Å²) in [7, 11) is 0. The molecule has 0 aliphatic heterocycles. The first kappa shape index (κ1) is 9.32. The number of aromatic nitrogens is 3. The Morgan fingerprint density at radius 2 is 2.27 bits per heavy atom. The third-order valence-electron chi connectivity index (χ3n) is 1.92. The number of thiazole rings is 1. The van der Waals surface area contributed by atoms with Crippen LogP contribution in [0, 0.1) is 0 Å². The first-order chi connectivity index (χ1) is 7.24. The number of halogens is 1. The summed E-state index contributed by atoms with van der Waals surface area (Å²) in [6, 6.07) is 4.07. The van der Waals surface area contributed by atoms with Crippen LogP contribution in [0.5, 0.6) is 0 Å². The topological polar surface area (TPSA) is 56.2 Å². The number of hydrogen-bond donors (Lipinski definition) is 1. The van der Waals surface area contributed by atoms with Gasteiger partial charge in [-0.15, -0.1) is 27.8 Å². The quantitative estimate of drug-likeness (QED) is 0.752. The molecule has 0 saturated carbocycles. The number of hydrogen-bond acceptors (Lipinski definition) is 5. The molecule has 3 rings (SSSR count). The Balaban J connectivity index is 2.26. The van der Waals surface area contributed by atoms with Crippen molar-refractivity contribution in [2.75, 3.05) is 5.73 Å². The van der Waals surface area contributed by atoms with E-state index in [1.807, 2.05) is 17.5 Å². The molecule has 0 unspecified atom stereocenters. The SMILES string of the molecule is Nc1nc2scc(-c3ccc(Br)s3)n2n1. The van der Waals surface area contributed by atoms with Gasteiger partial charge in [0.05, 0.1) is 14.4 Å². The van der Waals surface area contributed by atoms with Crippen molar-refractivity contribution in [1.82, 2.24) is 14.6 Å². The maximum atomic E-state index is 5.54. The van der Waals surface area contributed by atoms with E-state index < -0.39 is 0 Å². The van der Waals surface area contributed by atoms with Crippen LogP contribution in [-0.2, 0) is 0 Å². The van der Waals surface area contributed by atoms with Crippen molar-refractivity contribution in [1.29, 1.82) is 0 Å². The van der Waals surface area contributed by atoms with Gasteiger partial charge in [0.25, 0.3) is 0 Å². The van der Waals surface area contributed by atoms with Crippen molar-refractivity contribution in [3.63, 3.8) is 0 Å². The van der Waals surface area contributed by atoms with Crippen molar-refractivity contribution in [3.8, 4) is 10.6 Å². The molecule has 4 nitrogen and oxygen atoms in total. The molecule has 3 heterocycles. The molecule has 3 aromatic heterocycles. The molecule has 7 heteroatoms. The van der Waals surface area contributed by atoms with E-state index in [0.29, 0.717) is 5.95 Å². The minimum Gasteiger partial charge on any atom is -0.366 e. The lowest BCUT2D eigenvalue weighted by atomic mass is 10.4. The molecule has 0 aliphatic rings. The van der Waals surface area contributed by atoms with Gasteiger partial charge in [-0.1, -0.05) is 0 Å². The summed E-state index contributed by atoms with van der Waals surface area (Å²) in [6.45, 7) is 0. The van der Waals surface area contributed by atoms with Crippen LogP contribution >= 0.6 is 38.6 Å². The highest BCUT2D eigenvalue weighted by atomic mass is 79.9. The maximum Gasteiger partial charge on any atom is 0.241 e. The predicted molar refractivity (Wildman–Crippen MR) is 66.3 cm³/mol. The molecule has 0 aromatic carbocycles. The first-order valence-electron chi connectivity index (χ1n) is 4.09. The van der Waals surface area contributed by atoms with Crippen LogP contribution in [0.4, 0.5) is 5.95 Å². The van der Waals surface area contributed by atoms with Gasteiger partial charge in [0, 0.05) is 5.38 Å². The third-order valence-corrected chi connectivity index (χ3v) is 4.39. The normalized spacial score (nSPS) is 11.3. The van der Waals surface area contributed by atoms with Crippen LogP contribution in [-0.4, -0.2) is 14.6 Å². The number of nitrogens with zero attached hydrogens (tertiary/aromatic N) is 3. The number of thiophene rings is 1. The van der Waals surface area contributed by atoms with Gasteiger partial charge in [-0.2, -0.15) is 4.98 Å². The van der Waals surface area contributed by atoms with E-state index in [1.54, 1.807) is 15.9 Å². The van der Waals surface area contributed by atoms with Crippen molar-refractivity contribution in [2.24, 2.45) is 0 Å². The van der Waals surface area contributed by atoms with Gasteiger partial charge in [0.2, 0.25) is 10.9 Å². The molecule has 0 bridgehead atoms. The average molecular weight is 301 g/mol. The summed E-state index contributed by atoms with van der Waals surface area (Å²) < 4.78 is 2.88. The smallest absolute Gasteiger partial charge is 0.241 e. The number of nitrogens with two attached hydrogens (primary N) is 1. The molecule has 0 aliphatic carbocycles. The van der Waals surface area contributed by atoms with Crippen LogP contribution < -0.4 is 5.73 Å². The lowest BCUT2D eigenvalue weighted by Gasteiger charge is -1.91. The molecule has 15 heavy (non-hydrogen) atoms. The van der Waals surface area contributed by atoms with Gasteiger partial charge in [-0.25, -0.2) is 4.52 Å². The van der Waals surface area contributed by atoms with E-state index in [1.165, 1.54) is 11.3 Å². The monoisotopic (exact) mass is 300 g/mol. The zero-order valence-electron chi connectivity index (χ0n) is 7.35. The molecular formula is C8H5BrN4S2. The van der Waals surface area contributed by atoms with E-state index in [2.05, 4.69) is 26.0 Å². The van der Waals surface area contributed by atoms with Crippen molar-refractivity contribution < 1.29 is 0 Å². The van der Waals surface area contributed by atoms with Gasteiger partial charge in [-0.05, 0) is 28.1 Å². The summed E-state index contributed by atoms with van der Waals surface area (Å²) >= 11 is 6.64. The molecule has 0 spiro atoms. The van der Waals surface area contributed by atoms with Crippen molar-refractivity contribution >= 4 is 49.5 Å². The minimum absolute atomic E-state index is 0.318. The van der Waals surface area contributed by atoms with Crippen molar-refractivity contribution in [2.45, 2.75) is 0 Å². The van der Waals surface area contributed by atoms with Crippen LogP contribution in [0.2, 0.25) is 0 Å². The van der Waals surface area contributed by atoms with E-state index in [4.69, 9.17) is 5.73 Å². The van der Waals surface area contributed by atoms with Crippen LogP contribution in [0.1, 0.15) is 0 Å². The summed E-state index contributed by atoms with van der Waals surface area (Å²) in [6.07, 6.45) is 0. The van der Waals surface area contributed by atoms with Crippen LogP contribution in [0.3, 0.4) is 0 Å². The number of rotatable bonds is 1. The fourth-order valence-electron chi connectivity index (χ4n) is 1.32. The predicted octanol–water partition coefficient (Wildman–Crippen LogP) is 2.86. The van der Waals surface area contributed by atoms with Crippen LogP contribution in [0.15, 0.2) is 21.3 Å². The molecule has 0 saturated heterocycles. The van der Waals surface area contributed by atoms with E-state index in [9.17, 15) is 0 Å². The molecule has 0 atom stereocenters. The number of anilines is 1. The lowest BCUT2D eigenvalue weighted by Crippen LogP contribution is -1.89. The Kier molecular flexibility index (Phi) is 2.04. The number of nitrogen functional groups attached to an aromatic ring is 1. The van der Waals surface area contributed by atoms with E-state index in [-0.39, 0.29) is 0 Å². The van der Waals surface area contributed by atoms with Gasteiger partial charge >= 0.3 is 0 Å². The molecule has 2 N–H and O–H groups in total. The largest absolute Gasteiger partial charge is 0.366 e. The Morgan fingerprint density at radius 1 is 1.40 bits per heavy atom. The highest BCUT2D eigenvalue weighted by Gasteiger charge is 2.11. The highest BCUT2D eigenvalue weighted by molar-refractivity contribution is 9.11. The zero-order valence-corrected chi connectivity index (χ0v) is 10.6. The molecule has 0 amide bonds. The fourth-order valence-corrected chi connectivity index (χ4v) is 3.61. The Morgan fingerprint density at radius 3 is 3.00 bits per heavy atom. The van der Waals surface area contributed by atoms with E-state index >= 15 is 0 Å². The highest BCUT2D eigenvalue weighted by Crippen LogP contribution is 2.33. The Bertz CT molecular complexity index is 623. The van der Waals surface area contributed by atoms with E-state index in [0.717, 1.165) is 19.3 Å². The van der Waals surface area contributed by atoms with Crippen molar-refractivity contribution in [3.05, 3.63) is 21.3 Å². The van der Waals surface area contributed by atoms with Gasteiger partial charge in [0.1, 0.15) is 0 Å². The molecule has 76 valence electrons. The zero-order chi connectivity index (χ0) is 10.4. The van der Waals surface area contributed by atoms with Crippen LogP contribution in [0.25, 0.3) is 15.5 Å². The van der Waals surface area contributed by atoms with Gasteiger partial charge in [0.15, 0.2) is 0 Å². The number of fused-ring (bicyclic) bond motifs is 1. The standard InChI is InChI=1S/C8H5BrN4S2/c9-6-2-1-5(15-6)4-3-14-8-11-7(10)12-13(4)8/h1-3H,(H2,10,12). The molecular weight excluding hydrogens is 296 g/mol. The second-order valence-electron chi connectivity index (χ2n) is 2.89. The second kappa shape index (κ2) is 3.29. The minimum atomic E-state index is 0.318. The summed E-state index contributed by atoms with van der Waals surface area (Å²) in [5.41, 5.74) is 6.58. The lowest BCUT2D eigenvalue weighted by molar-refractivity contribution is 0.995. The summed E-state index contributed by atoms with van der Waals surface area (Å²) in [4.78, 5) is 6.08. The first-order valence-corrected chi connectivity index (χ1v) is 6.58. The maximum absolute atomic E-state index is 5.54.